The summed E-state index contributed by atoms with van der Waals surface area (Å²) in [6.07, 6.45) is 0. The molecule has 2 aromatic heterocycles. The van der Waals surface area contributed by atoms with E-state index in [-0.39, 0.29) is 6.03 Å². The van der Waals surface area contributed by atoms with Crippen LogP contribution in [0.1, 0.15) is 31.3 Å². The Bertz CT molecular complexity index is 1010. The molecule has 0 aliphatic carbocycles. The Labute approximate surface area is 166 Å². The molecule has 0 saturated heterocycles. The number of ether oxygens (including phenoxy) is 1. The number of amides is 2. The number of hydrogen-bond donors (Lipinski definition) is 1. The van der Waals surface area contributed by atoms with Crippen molar-refractivity contribution in [2.45, 2.75) is 19.9 Å². The third kappa shape index (κ3) is 3.16. The van der Waals surface area contributed by atoms with Crippen molar-refractivity contribution in [1.29, 1.82) is 0 Å². The lowest BCUT2D eigenvalue weighted by molar-refractivity contribution is 0.207. The van der Waals surface area contributed by atoms with Gasteiger partial charge in [-0.15, -0.1) is 11.3 Å². The molecule has 2 amide bonds. The van der Waals surface area contributed by atoms with Crippen LogP contribution in [0.5, 0.6) is 5.75 Å². The minimum atomic E-state index is -0.391. The number of nitrogens with zero attached hydrogens (tertiary/aromatic N) is 3. The Balaban J connectivity index is 1.80. The Morgan fingerprint density at radius 3 is 2.71 bits per heavy atom. The summed E-state index contributed by atoms with van der Waals surface area (Å²) in [5.74, 6) is 1.69. The smallest absolute Gasteiger partial charge is 0.322 e. The number of methoxy groups -OCH3 is 1. The van der Waals surface area contributed by atoms with Crippen LogP contribution in [0.25, 0.3) is 16.3 Å². The number of aromatic nitrogens is 2. The molecule has 28 heavy (non-hydrogen) atoms. The number of urea groups is 1. The van der Waals surface area contributed by atoms with Gasteiger partial charge >= 0.3 is 6.03 Å². The molecule has 1 aromatic carbocycles. The van der Waals surface area contributed by atoms with Crippen molar-refractivity contribution >= 4 is 22.9 Å². The van der Waals surface area contributed by atoms with Gasteiger partial charge in [0.2, 0.25) is 5.82 Å². The molecule has 1 aliphatic rings. The van der Waals surface area contributed by atoms with Crippen molar-refractivity contribution in [3.8, 4) is 16.5 Å². The largest absolute Gasteiger partial charge is 0.497 e. The summed E-state index contributed by atoms with van der Waals surface area (Å²) in [5, 5.41) is 9.16. The zero-order valence-electron chi connectivity index (χ0n) is 15.8. The fourth-order valence-electron chi connectivity index (χ4n) is 3.32. The van der Waals surface area contributed by atoms with Gasteiger partial charge in [-0.1, -0.05) is 23.4 Å². The van der Waals surface area contributed by atoms with E-state index in [4.69, 9.17) is 9.26 Å². The van der Waals surface area contributed by atoms with E-state index in [0.717, 1.165) is 27.5 Å². The van der Waals surface area contributed by atoms with Crippen LogP contribution in [-0.4, -0.2) is 34.7 Å². The fraction of sp³-hybridized carbons (Fsp3) is 0.250. The van der Waals surface area contributed by atoms with Crippen LogP contribution >= 0.6 is 11.3 Å². The Kier molecular flexibility index (Phi) is 4.87. The van der Waals surface area contributed by atoms with Crippen LogP contribution in [-0.2, 0) is 0 Å². The number of thiophene rings is 1. The fourth-order valence-corrected chi connectivity index (χ4v) is 3.97. The van der Waals surface area contributed by atoms with E-state index in [1.54, 1.807) is 23.3 Å². The van der Waals surface area contributed by atoms with E-state index in [1.165, 1.54) is 0 Å². The highest BCUT2D eigenvalue weighted by atomic mass is 32.1. The van der Waals surface area contributed by atoms with Gasteiger partial charge in [0.05, 0.1) is 23.6 Å². The standard InChI is InChI=1S/C20H20N4O3S/c1-4-24-12(2)16(19-22-18(23-27-19)15-6-5-11-28-15)17(21-20(24)25)13-7-9-14(26-3)10-8-13/h5-11,17H,4H2,1-3H3,(H,21,25). The number of carbonyl (C=O) groups is 1. The van der Waals surface area contributed by atoms with Crippen molar-refractivity contribution < 1.29 is 14.1 Å². The highest BCUT2D eigenvalue weighted by molar-refractivity contribution is 7.13. The van der Waals surface area contributed by atoms with Crippen LogP contribution in [0, 0.1) is 0 Å². The molecule has 1 unspecified atom stereocenters. The van der Waals surface area contributed by atoms with E-state index in [2.05, 4.69) is 15.5 Å². The molecule has 1 atom stereocenters. The quantitative estimate of drug-likeness (QED) is 0.694. The first-order valence-corrected chi connectivity index (χ1v) is 9.81. The normalized spacial score (nSPS) is 17.0. The number of benzene rings is 1. The van der Waals surface area contributed by atoms with Gasteiger partial charge in [0.15, 0.2) is 0 Å². The number of hydrogen-bond acceptors (Lipinski definition) is 6. The maximum absolute atomic E-state index is 12.6. The summed E-state index contributed by atoms with van der Waals surface area (Å²) in [6.45, 7) is 4.38. The first-order chi connectivity index (χ1) is 13.6. The summed E-state index contributed by atoms with van der Waals surface area (Å²) >= 11 is 1.55. The lowest BCUT2D eigenvalue weighted by atomic mass is 9.94. The molecule has 0 fully saturated rings. The number of nitrogens with one attached hydrogen (secondary N) is 1. The average Bonchev–Trinajstić information content (AvgIpc) is 3.40. The first-order valence-electron chi connectivity index (χ1n) is 8.93. The van der Waals surface area contributed by atoms with Gasteiger partial charge < -0.3 is 14.6 Å². The summed E-state index contributed by atoms with van der Waals surface area (Å²) < 4.78 is 10.9. The summed E-state index contributed by atoms with van der Waals surface area (Å²) in [7, 11) is 1.62. The van der Waals surface area contributed by atoms with Crippen molar-refractivity contribution in [3.05, 3.63) is 58.9 Å². The van der Waals surface area contributed by atoms with E-state index in [0.29, 0.717) is 18.3 Å². The van der Waals surface area contributed by atoms with Gasteiger partial charge in [-0.2, -0.15) is 4.98 Å². The summed E-state index contributed by atoms with van der Waals surface area (Å²) in [4.78, 5) is 19.8. The van der Waals surface area contributed by atoms with E-state index >= 15 is 0 Å². The Morgan fingerprint density at radius 1 is 1.29 bits per heavy atom. The van der Waals surface area contributed by atoms with Crippen LogP contribution in [0.4, 0.5) is 4.79 Å². The molecule has 1 aliphatic heterocycles. The predicted octanol–water partition coefficient (Wildman–Crippen LogP) is 4.32. The minimum absolute atomic E-state index is 0.150. The predicted molar refractivity (Wildman–Crippen MR) is 107 cm³/mol. The van der Waals surface area contributed by atoms with Gasteiger partial charge in [0, 0.05) is 12.2 Å². The Hall–Kier alpha value is -3.13. The highest BCUT2D eigenvalue weighted by Crippen LogP contribution is 2.37. The van der Waals surface area contributed by atoms with Crippen molar-refractivity contribution in [2.75, 3.05) is 13.7 Å². The molecular formula is C20H20N4O3S. The second-order valence-electron chi connectivity index (χ2n) is 6.30. The molecule has 1 N–H and O–H groups in total. The van der Waals surface area contributed by atoms with E-state index in [9.17, 15) is 4.79 Å². The van der Waals surface area contributed by atoms with Crippen LogP contribution in [0.15, 0.2) is 52.0 Å². The van der Waals surface area contributed by atoms with E-state index < -0.39 is 6.04 Å². The SMILES string of the molecule is CCN1C(=O)NC(c2ccc(OC)cc2)C(c2nc(-c3cccs3)no2)=C1C. The molecule has 0 radical (unpaired) electrons. The molecular weight excluding hydrogens is 376 g/mol. The Morgan fingerprint density at radius 2 is 2.07 bits per heavy atom. The van der Waals surface area contributed by atoms with Gasteiger partial charge in [-0.3, -0.25) is 4.90 Å². The van der Waals surface area contributed by atoms with Crippen LogP contribution in [0.2, 0.25) is 0 Å². The van der Waals surface area contributed by atoms with Crippen molar-refractivity contribution in [2.24, 2.45) is 0 Å². The van der Waals surface area contributed by atoms with Gasteiger partial charge in [0.25, 0.3) is 5.89 Å². The molecule has 144 valence electrons. The minimum Gasteiger partial charge on any atom is -0.497 e. The molecule has 3 aromatic rings. The van der Waals surface area contributed by atoms with Crippen molar-refractivity contribution in [3.63, 3.8) is 0 Å². The zero-order chi connectivity index (χ0) is 19.7. The highest BCUT2D eigenvalue weighted by Gasteiger charge is 2.35. The second kappa shape index (κ2) is 7.47. The maximum Gasteiger partial charge on any atom is 0.322 e. The van der Waals surface area contributed by atoms with Crippen molar-refractivity contribution in [1.82, 2.24) is 20.4 Å². The molecule has 0 bridgehead atoms. The monoisotopic (exact) mass is 396 g/mol. The van der Waals surface area contributed by atoms with Crippen LogP contribution in [0.3, 0.4) is 0 Å². The molecule has 8 heteroatoms. The molecule has 0 saturated carbocycles. The molecule has 4 rings (SSSR count). The third-order valence-corrected chi connectivity index (χ3v) is 5.63. The summed E-state index contributed by atoms with van der Waals surface area (Å²) in [5.41, 5.74) is 2.51. The van der Waals surface area contributed by atoms with Gasteiger partial charge in [-0.25, -0.2) is 4.79 Å². The molecule has 0 spiro atoms. The number of rotatable bonds is 5. The third-order valence-electron chi connectivity index (χ3n) is 4.76. The van der Waals surface area contributed by atoms with E-state index in [1.807, 2.05) is 55.6 Å². The zero-order valence-corrected chi connectivity index (χ0v) is 16.6. The first kappa shape index (κ1) is 18.2. The maximum atomic E-state index is 12.6. The van der Waals surface area contributed by atoms with Gasteiger partial charge in [-0.05, 0) is 43.0 Å². The lowest BCUT2D eigenvalue weighted by Gasteiger charge is -2.34. The topological polar surface area (TPSA) is 80.5 Å². The number of allylic oxidation sites excluding steroid dienone is 1. The molecule has 3 heterocycles. The van der Waals surface area contributed by atoms with Crippen LogP contribution < -0.4 is 10.1 Å². The lowest BCUT2D eigenvalue weighted by Crippen LogP contribution is -2.45. The van der Waals surface area contributed by atoms with Gasteiger partial charge in [0.1, 0.15) is 5.75 Å². The molecule has 7 nitrogen and oxygen atoms in total. The second-order valence-corrected chi connectivity index (χ2v) is 7.25. The number of carbonyl (C=O) groups excluding carboxylic acids is 1. The summed E-state index contributed by atoms with van der Waals surface area (Å²) in [6, 6.07) is 10.9. The average molecular weight is 396 g/mol.